The van der Waals surface area contributed by atoms with E-state index in [1.54, 1.807) is 37.4 Å². The molecule has 0 saturated carbocycles. The van der Waals surface area contributed by atoms with Crippen molar-refractivity contribution in [1.82, 2.24) is 9.97 Å². The van der Waals surface area contributed by atoms with Crippen molar-refractivity contribution < 1.29 is 9.59 Å². The third kappa shape index (κ3) is 4.66. The lowest BCUT2D eigenvalue weighted by atomic mass is 10.2. The second-order valence-corrected chi connectivity index (χ2v) is 5.85. The Balaban J connectivity index is 1.73. The minimum atomic E-state index is -0.229. The van der Waals surface area contributed by atoms with Crippen LogP contribution in [0.3, 0.4) is 0 Å². The van der Waals surface area contributed by atoms with E-state index in [-0.39, 0.29) is 17.5 Å². The summed E-state index contributed by atoms with van der Waals surface area (Å²) in [5.41, 5.74) is 2.50. The van der Waals surface area contributed by atoms with Gasteiger partial charge in [0.25, 0.3) is 5.91 Å². The number of hydrogen-bond acceptors (Lipinski definition) is 5. The van der Waals surface area contributed by atoms with Crippen LogP contribution < -0.4 is 15.5 Å². The number of carbonyl (C=O) groups excluding carboxylic acids is 2. The molecule has 7 heteroatoms. The van der Waals surface area contributed by atoms with Crippen molar-refractivity contribution in [2.75, 3.05) is 22.6 Å². The minimum Gasteiger partial charge on any atom is -0.326 e. The number of carbonyl (C=O) groups is 2. The van der Waals surface area contributed by atoms with Gasteiger partial charge in [-0.1, -0.05) is 18.2 Å². The maximum atomic E-state index is 12.7. The SMILES string of the molecule is CC(=O)Nc1ccc(Nc2nccc(C(=O)N(C)c3ccccc3)n2)cc1. The zero-order valence-corrected chi connectivity index (χ0v) is 15.0. The number of rotatable bonds is 5. The first-order valence-corrected chi connectivity index (χ1v) is 8.34. The van der Waals surface area contributed by atoms with Gasteiger partial charge in [0, 0.05) is 37.2 Å². The van der Waals surface area contributed by atoms with E-state index in [2.05, 4.69) is 20.6 Å². The van der Waals surface area contributed by atoms with Crippen LogP contribution in [-0.2, 0) is 4.79 Å². The lowest BCUT2D eigenvalue weighted by Crippen LogP contribution is -2.27. The highest BCUT2D eigenvalue weighted by atomic mass is 16.2. The molecule has 0 spiro atoms. The highest BCUT2D eigenvalue weighted by molar-refractivity contribution is 6.04. The van der Waals surface area contributed by atoms with E-state index in [1.807, 2.05) is 30.3 Å². The van der Waals surface area contributed by atoms with E-state index in [0.29, 0.717) is 11.6 Å². The molecule has 2 N–H and O–H groups in total. The first-order valence-electron chi connectivity index (χ1n) is 8.34. The van der Waals surface area contributed by atoms with Gasteiger partial charge in [0.1, 0.15) is 5.69 Å². The molecule has 136 valence electrons. The summed E-state index contributed by atoms with van der Waals surface area (Å²) in [6, 6.07) is 18.0. The molecule has 0 aliphatic carbocycles. The van der Waals surface area contributed by atoms with Gasteiger partial charge in [-0.15, -0.1) is 0 Å². The van der Waals surface area contributed by atoms with E-state index in [4.69, 9.17) is 0 Å². The van der Waals surface area contributed by atoms with Crippen LogP contribution in [0.15, 0.2) is 66.9 Å². The Morgan fingerprint density at radius 2 is 1.59 bits per heavy atom. The number of aromatic nitrogens is 2. The van der Waals surface area contributed by atoms with Gasteiger partial charge in [0.2, 0.25) is 11.9 Å². The fourth-order valence-electron chi connectivity index (χ4n) is 2.45. The molecule has 7 nitrogen and oxygen atoms in total. The molecule has 2 aromatic carbocycles. The van der Waals surface area contributed by atoms with Crippen LogP contribution in [0.4, 0.5) is 23.0 Å². The van der Waals surface area contributed by atoms with Crippen molar-refractivity contribution in [2.24, 2.45) is 0 Å². The quantitative estimate of drug-likeness (QED) is 0.727. The molecule has 0 aliphatic heterocycles. The van der Waals surface area contributed by atoms with E-state index in [0.717, 1.165) is 11.4 Å². The molecular weight excluding hydrogens is 342 g/mol. The summed E-state index contributed by atoms with van der Waals surface area (Å²) in [6.45, 7) is 1.45. The Kier molecular flexibility index (Phi) is 5.41. The molecule has 27 heavy (non-hydrogen) atoms. The van der Waals surface area contributed by atoms with Gasteiger partial charge in [-0.05, 0) is 42.5 Å². The smallest absolute Gasteiger partial charge is 0.276 e. The predicted molar refractivity (Wildman–Crippen MR) is 105 cm³/mol. The molecule has 1 aromatic heterocycles. The van der Waals surface area contributed by atoms with Gasteiger partial charge < -0.3 is 15.5 Å². The number of nitrogens with one attached hydrogen (secondary N) is 2. The van der Waals surface area contributed by atoms with Gasteiger partial charge in [-0.25, -0.2) is 9.97 Å². The molecule has 3 rings (SSSR count). The Hall–Kier alpha value is -3.74. The van der Waals surface area contributed by atoms with Crippen molar-refractivity contribution in [3.63, 3.8) is 0 Å². The summed E-state index contributed by atoms with van der Waals surface area (Å²) in [7, 11) is 1.70. The summed E-state index contributed by atoms with van der Waals surface area (Å²) in [5.74, 6) is -0.0463. The van der Waals surface area contributed by atoms with Crippen LogP contribution in [0, 0.1) is 0 Å². The number of benzene rings is 2. The minimum absolute atomic E-state index is 0.132. The summed E-state index contributed by atoms with van der Waals surface area (Å²) in [5, 5.41) is 5.75. The zero-order chi connectivity index (χ0) is 19.2. The van der Waals surface area contributed by atoms with Crippen LogP contribution in [0.2, 0.25) is 0 Å². The third-order valence-corrected chi connectivity index (χ3v) is 3.78. The molecule has 0 fully saturated rings. The van der Waals surface area contributed by atoms with Crippen LogP contribution in [0.25, 0.3) is 0 Å². The lowest BCUT2D eigenvalue weighted by molar-refractivity contribution is -0.114. The Morgan fingerprint density at radius 1 is 0.926 bits per heavy atom. The average molecular weight is 361 g/mol. The molecule has 1 heterocycles. The number of amides is 2. The monoisotopic (exact) mass is 361 g/mol. The molecule has 0 radical (unpaired) electrons. The van der Waals surface area contributed by atoms with Crippen LogP contribution in [0.5, 0.6) is 0 Å². The molecular formula is C20H19N5O2. The zero-order valence-electron chi connectivity index (χ0n) is 15.0. The molecule has 3 aromatic rings. The van der Waals surface area contributed by atoms with Crippen LogP contribution in [-0.4, -0.2) is 28.8 Å². The summed E-state index contributed by atoms with van der Waals surface area (Å²) < 4.78 is 0. The van der Waals surface area contributed by atoms with Crippen LogP contribution >= 0.6 is 0 Å². The number of anilines is 4. The first kappa shape index (κ1) is 18.1. The maximum Gasteiger partial charge on any atom is 0.276 e. The number of nitrogens with zero attached hydrogens (tertiary/aromatic N) is 3. The molecule has 0 aliphatic rings. The normalized spacial score (nSPS) is 10.1. The standard InChI is InChI=1S/C20H19N5O2/c1-14(26)22-15-8-10-16(11-9-15)23-20-21-13-12-18(24-20)19(27)25(2)17-6-4-3-5-7-17/h3-13H,1-2H3,(H,22,26)(H,21,23,24). The van der Waals surface area contributed by atoms with Crippen LogP contribution in [0.1, 0.15) is 17.4 Å². The second-order valence-electron chi connectivity index (χ2n) is 5.85. The summed E-state index contributed by atoms with van der Waals surface area (Å²) in [4.78, 5) is 33.7. The van der Waals surface area contributed by atoms with E-state index in [1.165, 1.54) is 18.0 Å². The van der Waals surface area contributed by atoms with Crippen molar-refractivity contribution in [3.8, 4) is 0 Å². The Morgan fingerprint density at radius 3 is 2.26 bits per heavy atom. The van der Waals surface area contributed by atoms with E-state index < -0.39 is 0 Å². The van der Waals surface area contributed by atoms with Gasteiger partial charge in [-0.3, -0.25) is 9.59 Å². The second kappa shape index (κ2) is 8.09. The van der Waals surface area contributed by atoms with Crippen molar-refractivity contribution in [1.29, 1.82) is 0 Å². The fourth-order valence-corrected chi connectivity index (χ4v) is 2.45. The van der Waals surface area contributed by atoms with Crippen molar-refractivity contribution >= 4 is 34.8 Å². The largest absolute Gasteiger partial charge is 0.326 e. The molecule has 2 amide bonds. The van der Waals surface area contributed by atoms with E-state index >= 15 is 0 Å². The predicted octanol–water partition coefficient (Wildman–Crippen LogP) is 3.46. The third-order valence-electron chi connectivity index (χ3n) is 3.78. The molecule has 0 atom stereocenters. The Labute approximate surface area is 157 Å². The average Bonchev–Trinajstić information content (AvgIpc) is 2.69. The molecule has 0 unspecified atom stereocenters. The highest BCUT2D eigenvalue weighted by Crippen LogP contribution is 2.18. The number of para-hydroxylation sites is 1. The van der Waals surface area contributed by atoms with Crippen molar-refractivity contribution in [3.05, 3.63) is 72.6 Å². The topological polar surface area (TPSA) is 87.2 Å². The molecule has 0 bridgehead atoms. The Bertz CT molecular complexity index is 942. The fraction of sp³-hybridized carbons (Fsp3) is 0.100. The van der Waals surface area contributed by atoms with Gasteiger partial charge in [0.15, 0.2) is 0 Å². The lowest BCUT2D eigenvalue weighted by Gasteiger charge is -2.17. The van der Waals surface area contributed by atoms with Gasteiger partial charge in [0.05, 0.1) is 0 Å². The summed E-state index contributed by atoms with van der Waals surface area (Å²) >= 11 is 0. The summed E-state index contributed by atoms with van der Waals surface area (Å²) in [6.07, 6.45) is 1.53. The van der Waals surface area contributed by atoms with Crippen molar-refractivity contribution in [2.45, 2.75) is 6.92 Å². The van der Waals surface area contributed by atoms with Gasteiger partial charge >= 0.3 is 0 Å². The van der Waals surface area contributed by atoms with Gasteiger partial charge in [-0.2, -0.15) is 0 Å². The molecule has 0 saturated heterocycles. The van der Waals surface area contributed by atoms with E-state index in [9.17, 15) is 9.59 Å². The number of hydrogen-bond donors (Lipinski definition) is 2. The first-order chi connectivity index (χ1) is 13.0. The maximum absolute atomic E-state index is 12.7. The highest BCUT2D eigenvalue weighted by Gasteiger charge is 2.15.